The Balaban J connectivity index is 4.16. The number of hydrogen-bond donors (Lipinski definition) is 2. The second-order valence-corrected chi connectivity index (χ2v) is 2.97. The van der Waals surface area contributed by atoms with Gasteiger partial charge in [0.05, 0.1) is 18.8 Å². The van der Waals surface area contributed by atoms with Crippen LogP contribution in [-0.4, -0.2) is 37.0 Å². The second kappa shape index (κ2) is 8.40. The van der Waals surface area contributed by atoms with Gasteiger partial charge >= 0.3 is 12.1 Å². The first-order valence-corrected chi connectivity index (χ1v) is 5.08. The van der Waals surface area contributed by atoms with Gasteiger partial charge in [0.25, 0.3) is 0 Å². The predicted octanol–water partition coefficient (Wildman–Crippen LogP) is 0.493. The van der Waals surface area contributed by atoms with Gasteiger partial charge in [-0.3, -0.25) is 0 Å². The highest BCUT2D eigenvalue weighted by Crippen LogP contribution is 2.06. The first-order chi connectivity index (χ1) is 8.02. The molecule has 2 N–H and O–H groups in total. The summed E-state index contributed by atoms with van der Waals surface area (Å²) in [6.45, 7) is 4.76. The molecule has 0 rings (SSSR count). The minimum Gasteiger partial charge on any atom is -0.495 e. The lowest BCUT2D eigenvalue weighted by atomic mass is 10.3. The molecule has 0 aliphatic heterocycles. The van der Waals surface area contributed by atoms with E-state index >= 15 is 0 Å². The number of allylic oxidation sites excluding steroid dienone is 1. The minimum absolute atomic E-state index is 0.0851. The maximum absolute atomic E-state index is 11.4. The molecule has 0 aromatic carbocycles. The summed E-state index contributed by atoms with van der Waals surface area (Å²) in [7, 11) is 0. The van der Waals surface area contributed by atoms with Crippen LogP contribution < -0.4 is 5.48 Å². The quantitative estimate of drug-likeness (QED) is 0.417. The molecule has 17 heavy (non-hydrogen) atoms. The van der Waals surface area contributed by atoms with Gasteiger partial charge in [-0.25, -0.2) is 9.59 Å². The third-order valence-electron chi connectivity index (χ3n) is 1.75. The van der Waals surface area contributed by atoms with Crippen LogP contribution in [0.1, 0.15) is 20.8 Å². The summed E-state index contributed by atoms with van der Waals surface area (Å²) in [6.07, 6.45) is -0.845. The van der Waals surface area contributed by atoms with E-state index in [9.17, 15) is 9.59 Å². The fraction of sp³-hybridized carbons (Fsp3) is 0.600. The van der Waals surface area contributed by atoms with Crippen LogP contribution in [0.4, 0.5) is 4.79 Å². The molecule has 0 aromatic rings. The van der Waals surface area contributed by atoms with Gasteiger partial charge in [0.2, 0.25) is 0 Å². The molecule has 0 bridgehead atoms. The van der Waals surface area contributed by atoms with Gasteiger partial charge < -0.3 is 19.4 Å². The highest BCUT2D eigenvalue weighted by atomic mass is 16.7. The average Bonchev–Trinajstić information content (AvgIpc) is 2.32. The third-order valence-corrected chi connectivity index (χ3v) is 1.75. The molecule has 0 radical (unpaired) electrons. The molecule has 0 fully saturated rings. The zero-order chi connectivity index (χ0) is 13.3. The van der Waals surface area contributed by atoms with E-state index in [-0.39, 0.29) is 25.4 Å². The van der Waals surface area contributed by atoms with Gasteiger partial charge in [0.1, 0.15) is 12.4 Å². The average molecular weight is 247 g/mol. The Hall–Kier alpha value is -1.76. The number of hydrogen-bond acceptors (Lipinski definition) is 6. The molecule has 0 saturated heterocycles. The summed E-state index contributed by atoms with van der Waals surface area (Å²) in [5.41, 5.74) is 2.02. The van der Waals surface area contributed by atoms with Crippen LogP contribution in [0.15, 0.2) is 11.3 Å². The largest absolute Gasteiger partial charge is 0.495 e. The lowest BCUT2D eigenvalue weighted by Crippen LogP contribution is -2.28. The lowest BCUT2D eigenvalue weighted by Gasteiger charge is -2.09. The van der Waals surface area contributed by atoms with Gasteiger partial charge in [0.15, 0.2) is 0 Å². The normalized spacial score (nSPS) is 11.3. The van der Waals surface area contributed by atoms with Crippen molar-refractivity contribution in [2.45, 2.75) is 20.8 Å². The van der Waals surface area contributed by atoms with E-state index in [0.29, 0.717) is 5.76 Å². The standard InChI is InChI=1S/C10H17NO6/c1-4-15-10(14)11-17-9(13)7(2)8(3)16-6-5-12/h12H,4-6H2,1-3H3,(H,11,14). The SMILES string of the molecule is CCOC(=O)NOC(=O)C(C)=C(C)OCCO. The molecule has 0 aliphatic rings. The van der Waals surface area contributed by atoms with Crippen molar-refractivity contribution in [2.75, 3.05) is 19.8 Å². The smallest absolute Gasteiger partial charge is 0.440 e. The van der Waals surface area contributed by atoms with Crippen LogP contribution in [0, 0.1) is 0 Å². The number of hydroxylamine groups is 1. The van der Waals surface area contributed by atoms with E-state index < -0.39 is 12.1 Å². The van der Waals surface area contributed by atoms with Crippen LogP contribution in [-0.2, 0) is 19.1 Å². The molecule has 0 spiro atoms. The Morgan fingerprint density at radius 3 is 2.41 bits per heavy atom. The number of amides is 1. The van der Waals surface area contributed by atoms with Crippen molar-refractivity contribution in [2.24, 2.45) is 0 Å². The van der Waals surface area contributed by atoms with Gasteiger partial charge in [-0.2, -0.15) is 0 Å². The van der Waals surface area contributed by atoms with E-state index in [4.69, 9.17) is 9.84 Å². The molecule has 7 nitrogen and oxygen atoms in total. The molecule has 0 aliphatic carbocycles. The van der Waals surface area contributed by atoms with E-state index in [1.807, 2.05) is 5.48 Å². The number of carbonyl (C=O) groups is 2. The van der Waals surface area contributed by atoms with E-state index in [1.54, 1.807) is 13.8 Å². The molecule has 0 unspecified atom stereocenters. The summed E-state index contributed by atoms with van der Waals surface area (Å²) in [5, 5.41) is 8.53. The van der Waals surface area contributed by atoms with Crippen molar-refractivity contribution in [3.63, 3.8) is 0 Å². The molecule has 7 heteroatoms. The van der Waals surface area contributed by atoms with Crippen LogP contribution in [0.3, 0.4) is 0 Å². The number of carbonyl (C=O) groups excluding carboxylic acids is 2. The molecule has 0 saturated carbocycles. The van der Waals surface area contributed by atoms with Gasteiger partial charge in [-0.15, -0.1) is 5.48 Å². The highest BCUT2D eigenvalue weighted by Gasteiger charge is 2.12. The molecular formula is C10H17NO6. The van der Waals surface area contributed by atoms with Gasteiger partial charge in [0, 0.05) is 0 Å². The number of aliphatic hydroxyl groups excluding tert-OH is 1. The number of nitrogens with one attached hydrogen (secondary N) is 1. The minimum atomic E-state index is -0.845. The maximum atomic E-state index is 11.4. The van der Waals surface area contributed by atoms with Crippen molar-refractivity contribution in [3.05, 3.63) is 11.3 Å². The van der Waals surface area contributed by atoms with Crippen molar-refractivity contribution in [1.29, 1.82) is 0 Å². The van der Waals surface area contributed by atoms with Crippen molar-refractivity contribution in [1.82, 2.24) is 5.48 Å². The highest BCUT2D eigenvalue weighted by molar-refractivity contribution is 5.88. The van der Waals surface area contributed by atoms with E-state index in [1.165, 1.54) is 6.92 Å². The van der Waals surface area contributed by atoms with Gasteiger partial charge in [-0.1, -0.05) is 0 Å². The molecule has 1 amide bonds. The van der Waals surface area contributed by atoms with E-state index in [0.717, 1.165) is 0 Å². The van der Waals surface area contributed by atoms with Crippen molar-refractivity contribution < 1.29 is 29.0 Å². The predicted molar refractivity (Wildman–Crippen MR) is 57.7 cm³/mol. The first-order valence-electron chi connectivity index (χ1n) is 5.08. The first kappa shape index (κ1) is 15.2. The topological polar surface area (TPSA) is 94.1 Å². The second-order valence-electron chi connectivity index (χ2n) is 2.97. The van der Waals surface area contributed by atoms with Crippen LogP contribution in [0.5, 0.6) is 0 Å². The Labute approximate surface area is 99.3 Å². The fourth-order valence-corrected chi connectivity index (χ4v) is 0.776. The summed E-state index contributed by atoms with van der Waals surface area (Å²) >= 11 is 0. The summed E-state index contributed by atoms with van der Waals surface area (Å²) in [6, 6.07) is 0. The number of rotatable bonds is 5. The number of aliphatic hydroxyl groups is 1. The molecule has 98 valence electrons. The monoisotopic (exact) mass is 247 g/mol. The Morgan fingerprint density at radius 1 is 1.24 bits per heavy atom. The Kier molecular flexibility index (Phi) is 7.53. The van der Waals surface area contributed by atoms with E-state index in [2.05, 4.69) is 9.57 Å². The molecule has 0 aromatic heterocycles. The fourth-order valence-electron chi connectivity index (χ4n) is 0.776. The van der Waals surface area contributed by atoms with Crippen molar-refractivity contribution in [3.8, 4) is 0 Å². The van der Waals surface area contributed by atoms with Crippen LogP contribution in [0.2, 0.25) is 0 Å². The van der Waals surface area contributed by atoms with Crippen molar-refractivity contribution >= 4 is 12.1 Å². The summed E-state index contributed by atoms with van der Waals surface area (Å²) in [4.78, 5) is 26.6. The molecule has 0 atom stereocenters. The molecular weight excluding hydrogens is 230 g/mol. The van der Waals surface area contributed by atoms with Crippen LogP contribution in [0.25, 0.3) is 0 Å². The lowest BCUT2D eigenvalue weighted by molar-refractivity contribution is -0.145. The Morgan fingerprint density at radius 2 is 1.88 bits per heavy atom. The van der Waals surface area contributed by atoms with Gasteiger partial charge in [-0.05, 0) is 20.8 Å². The van der Waals surface area contributed by atoms with Crippen LogP contribution >= 0.6 is 0 Å². The molecule has 0 heterocycles. The summed E-state index contributed by atoms with van der Waals surface area (Å²) in [5.74, 6) is -0.441. The maximum Gasteiger partial charge on any atom is 0.440 e. The number of ether oxygens (including phenoxy) is 2. The zero-order valence-electron chi connectivity index (χ0n) is 10.1. The third kappa shape index (κ3) is 6.41. The zero-order valence-corrected chi connectivity index (χ0v) is 10.1. The Bertz CT molecular complexity index is 299. The summed E-state index contributed by atoms with van der Waals surface area (Å²) < 4.78 is 9.50.